The van der Waals surface area contributed by atoms with E-state index < -0.39 is 12.5 Å². The molecule has 16 heavy (non-hydrogen) atoms. The molecule has 0 atom stereocenters. The average molecular weight is 245 g/mol. The van der Waals surface area contributed by atoms with Gasteiger partial charge in [-0.25, -0.2) is 4.39 Å². The van der Waals surface area contributed by atoms with Gasteiger partial charge in [0.25, 0.3) is 0 Å². The van der Waals surface area contributed by atoms with Gasteiger partial charge in [-0.2, -0.15) is 0 Å². The van der Waals surface area contributed by atoms with Crippen molar-refractivity contribution in [3.63, 3.8) is 0 Å². The quantitative estimate of drug-likeness (QED) is 0.449. The van der Waals surface area contributed by atoms with Crippen LogP contribution in [-0.4, -0.2) is 19.2 Å². The van der Waals surface area contributed by atoms with E-state index in [-0.39, 0.29) is 18.1 Å². The van der Waals surface area contributed by atoms with Gasteiger partial charge in [-0.1, -0.05) is 11.8 Å². The van der Waals surface area contributed by atoms with Crippen molar-refractivity contribution < 1.29 is 13.5 Å². The van der Waals surface area contributed by atoms with E-state index >= 15 is 0 Å². The molecule has 1 nitrogen and oxygen atoms in total. The first kappa shape index (κ1) is 12.8. The third kappa shape index (κ3) is 4.08. The molecule has 0 aliphatic carbocycles. The highest BCUT2D eigenvalue weighted by atomic mass is 35.5. The number of ether oxygens (including phenoxy) is 1. The topological polar surface area (TPSA) is 9.23 Å². The molecule has 1 aromatic rings. The Kier molecular flexibility index (Phi) is 5.66. The molecule has 1 rings (SSSR count). The summed E-state index contributed by atoms with van der Waals surface area (Å²) in [6.07, 6.45) is 0.301. The first-order valence-electron chi connectivity index (χ1n) is 4.81. The Balaban J connectivity index is 2.67. The molecule has 0 heterocycles. The Morgan fingerprint density at radius 1 is 1.38 bits per heavy atom. The summed E-state index contributed by atoms with van der Waals surface area (Å²) in [5.41, 5.74) is 0.276. The molecule has 0 fully saturated rings. The van der Waals surface area contributed by atoms with Crippen molar-refractivity contribution in [3.05, 3.63) is 29.6 Å². The van der Waals surface area contributed by atoms with Crippen LogP contribution in [0.5, 0.6) is 5.75 Å². The highest BCUT2D eigenvalue weighted by Gasteiger charge is 2.01. The lowest BCUT2D eigenvalue weighted by Crippen LogP contribution is -1.98. The van der Waals surface area contributed by atoms with Gasteiger partial charge in [0.2, 0.25) is 0 Å². The molecule has 0 amide bonds. The van der Waals surface area contributed by atoms with Crippen molar-refractivity contribution >= 4 is 11.6 Å². The van der Waals surface area contributed by atoms with Crippen molar-refractivity contribution in [1.29, 1.82) is 0 Å². The van der Waals surface area contributed by atoms with E-state index in [1.165, 1.54) is 12.1 Å². The lowest BCUT2D eigenvalue weighted by Gasteiger charge is -2.05. The lowest BCUT2D eigenvalue weighted by molar-refractivity contribution is 0.288. The van der Waals surface area contributed by atoms with E-state index in [2.05, 4.69) is 11.8 Å². The maximum Gasteiger partial charge on any atom is 0.142 e. The van der Waals surface area contributed by atoms with Crippen molar-refractivity contribution in [2.45, 2.75) is 6.42 Å². The standard InChI is InChI=1S/C12H11ClF2O/c13-6-1-3-10-4-5-11(9-12(10)15)16-8-2-7-14/h4-5,9H,2,6-8H2. The second-order valence-electron chi connectivity index (χ2n) is 2.97. The van der Waals surface area contributed by atoms with Gasteiger partial charge in [-0.3, -0.25) is 4.39 Å². The second-order valence-corrected chi connectivity index (χ2v) is 3.24. The van der Waals surface area contributed by atoms with E-state index in [4.69, 9.17) is 16.3 Å². The van der Waals surface area contributed by atoms with Crippen LogP contribution in [0, 0.1) is 17.7 Å². The molecular formula is C12H11ClF2O. The summed E-state index contributed by atoms with van der Waals surface area (Å²) in [6.45, 7) is -0.204. The zero-order valence-corrected chi connectivity index (χ0v) is 9.36. The molecule has 0 saturated carbocycles. The van der Waals surface area contributed by atoms with E-state index in [0.717, 1.165) is 0 Å². The van der Waals surface area contributed by atoms with Crippen LogP contribution in [0.25, 0.3) is 0 Å². The minimum absolute atomic E-state index is 0.161. The summed E-state index contributed by atoms with van der Waals surface area (Å²) in [5.74, 6) is 5.22. The zero-order chi connectivity index (χ0) is 11.8. The van der Waals surface area contributed by atoms with Crippen LogP contribution in [-0.2, 0) is 0 Å². The monoisotopic (exact) mass is 244 g/mol. The number of halogens is 3. The fraction of sp³-hybridized carbons (Fsp3) is 0.333. The van der Waals surface area contributed by atoms with Crippen LogP contribution < -0.4 is 4.74 Å². The molecule has 0 radical (unpaired) electrons. The molecule has 0 spiro atoms. The highest BCUT2D eigenvalue weighted by molar-refractivity contribution is 6.19. The fourth-order valence-electron chi connectivity index (χ4n) is 1.06. The Morgan fingerprint density at radius 2 is 2.19 bits per heavy atom. The molecular weight excluding hydrogens is 234 g/mol. The number of hydrogen-bond donors (Lipinski definition) is 0. The van der Waals surface area contributed by atoms with Gasteiger partial charge in [-0.05, 0) is 12.1 Å². The van der Waals surface area contributed by atoms with Gasteiger partial charge in [-0.15, -0.1) is 11.6 Å². The molecule has 0 aliphatic heterocycles. The first-order valence-corrected chi connectivity index (χ1v) is 5.34. The summed E-state index contributed by atoms with van der Waals surface area (Å²) in [7, 11) is 0. The summed E-state index contributed by atoms with van der Waals surface area (Å²) >= 11 is 5.36. The third-order valence-electron chi connectivity index (χ3n) is 1.78. The summed E-state index contributed by atoms with van der Waals surface area (Å²) < 4.78 is 30.3. The molecule has 0 aromatic heterocycles. The van der Waals surface area contributed by atoms with Crippen LogP contribution in [0.4, 0.5) is 8.78 Å². The van der Waals surface area contributed by atoms with Gasteiger partial charge in [0.1, 0.15) is 11.6 Å². The van der Waals surface area contributed by atoms with E-state index in [1.807, 2.05) is 0 Å². The Hall–Kier alpha value is -1.27. The highest BCUT2D eigenvalue weighted by Crippen LogP contribution is 2.16. The Bertz CT molecular complexity index is 396. The predicted octanol–water partition coefficient (Wildman–Crippen LogP) is 3.15. The molecule has 4 heteroatoms. The summed E-state index contributed by atoms with van der Waals surface area (Å²) in [4.78, 5) is 0. The van der Waals surface area contributed by atoms with Crippen LogP contribution in [0.15, 0.2) is 18.2 Å². The smallest absolute Gasteiger partial charge is 0.142 e. The SMILES string of the molecule is FCCCOc1ccc(C#CCCl)c(F)c1. The Labute approximate surface area is 98.4 Å². The molecule has 0 bridgehead atoms. The Morgan fingerprint density at radius 3 is 2.81 bits per heavy atom. The number of benzene rings is 1. The summed E-state index contributed by atoms with van der Waals surface area (Å²) in [6, 6.07) is 4.34. The van der Waals surface area contributed by atoms with Gasteiger partial charge >= 0.3 is 0 Å². The molecule has 0 unspecified atom stereocenters. The van der Waals surface area contributed by atoms with E-state index in [0.29, 0.717) is 12.2 Å². The third-order valence-corrected chi connectivity index (χ3v) is 1.91. The first-order chi connectivity index (χ1) is 7.77. The second kappa shape index (κ2) is 7.08. The maximum atomic E-state index is 13.4. The molecule has 86 valence electrons. The van der Waals surface area contributed by atoms with Crippen LogP contribution in [0.3, 0.4) is 0 Å². The molecule has 1 aromatic carbocycles. The van der Waals surface area contributed by atoms with Gasteiger partial charge in [0.15, 0.2) is 0 Å². The van der Waals surface area contributed by atoms with Gasteiger partial charge < -0.3 is 4.74 Å². The number of rotatable bonds is 4. The molecule has 0 aliphatic rings. The largest absolute Gasteiger partial charge is 0.493 e. The lowest BCUT2D eigenvalue weighted by atomic mass is 10.2. The number of alkyl halides is 2. The van der Waals surface area contributed by atoms with Crippen molar-refractivity contribution in [2.24, 2.45) is 0 Å². The average Bonchev–Trinajstić information content (AvgIpc) is 2.28. The van der Waals surface area contributed by atoms with E-state index in [1.54, 1.807) is 6.07 Å². The van der Waals surface area contributed by atoms with Crippen LogP contribution >= 0.6 is 11.6 Å². The van der Waals surface area contributed by atoms with Crippen LogP contribution in [0.1, 0.15) is 12.0 Å². The van der Waals surface area contributed by atoms with E-state index in [9.17, 15) is 8.78 Å². The van der Waals surface area contributed by atoms with Gasteiger partial charge in [0.05, 0.1) is 24.7 Å². The molecule has 0 saturated heterocycles. The minimum atomic E-state index is -0.463. The normalized spacial score (nSPS) is 9.44. The van der Waals surface area contributed by atoms with Crippen molar-refractivity contribution in [2.75, 3.05) is 19.2 Å². The predicted molar refractivity (Wildman–Crippen MR) is 60.1 cm³/mol. The zero-order valence-electron chi connectivity index (χ0n) is 8.60. The fourth-order valence-corrected chi connectivity index (χ4v) is 1.13. The van der Waals surface area contributed by atoms with Crippen molar-refractivity contribution in [3.8, 4) is 17.6 Å². The van der Waals surface area contributed by atoms with Crippen LogP contribution in [0.2, 0.25) is 0 Å². The van der Waals surface area contributed by atoms with Crippen molar-refractivity contribution in [1.82, 2.24) is 0 Å². The van der Waals surface area contributed by atoms with Gasteiger partial charge in [0, 0.05) is 12.5 Å². The molecule has 0 N–H and O–H groups in total. The maximum absolute atomic E-state index is 13.4. The summed E-state index contributed by atoms with van der Waals surface area (Å²) in [5, 5.41) is 0. The number of hydrogen-bond acceptors (Lipinski definition) is 1. The minimum Gasteiger partial charge on any atom is -0.493 e.